The maximum absolute atomic E-state index is 12.3. The molecule has 0 saturated carbocycles. The van der Waals surface area contributed by atoms with E-state index in [2.05, 4.69) is 5.32 Å². The Morgan fingerprint density at radius 1 is 1.04 bits per heavy atom. The monoisotopic (exact) mass is 364 g/mol. The number of hydrogen-bond acceptors (Lipinski definition) is 4. The van der Waals surface area contributed by atoms with Crippen LogP contribution in [-0.4, -0.2) is 38.1 Å². The molecule has 3 aromatic rings. The summed E-state index contributed by atoms with van der Waals surface area (Å²) >= 11 is 0. The van der Waals surface area contributed by atoms with E-state index in [9.17, 15) is 4.79 Å². The average Bonchev–Trinajstić information content (AvgIpc) is 3.21. The molecular formula is C22H24N2O3. The van der Waals surface area contributed by atoms with Crippen LogP contribution in [0.5, 0.6) is 5.75 Å². The second kappa shape index (κ2) is 9.05. The van der Waals surface area contributed by atoms with Gasteiger partial charge in [0.2, 0.25) is 0 Å². The Balaban J connectivity index is 1.58. The largest absolute Gasteiger partial charge is 0.483 e. The van der Waals surface area contributed by atoms with E-state index in [1.165, 1.54) is 0 Å². The SMILES string of the molecule is CN(C)[C@H](CNC(=O)COc1ccccc1-c1ccccc1)c1ccco1. The van der Waals surface area contributed by atoms with Gasteiger partial charge in [0.15, 0.2) is 6.61 Å². The fourth-order valence-corrected chi connectivity index (χ4v) is 2.87. The van der Waals surface area contributed by atoms with Crippen molar-refractivity contribution in [2.24, 2.45) is 0 Å². The summed E-state index contributed by atoms with van der Waals surface area (Å²) < 4.78 is 11.2. The highest BCUT2D eigenvalue weighted by Gasteiger charge is 2.18. The van der Waals surface area contributed by atoms with Crippen LogP contribution >= 0.6 is 0 Å². The molecule has 0 bridgehead atoms. The molecule has 0 aliphatic rings. The topological polar surface area (TPSA) is 54.7 Å². The standard InChI is InChI=1S/C22H24N2O3/c1-24(2)19(21-13-8-14-26-21)15-23-22(25)16-27-20-12-7-6-11-18(20)17-9-4-3-5-10-17/h3-14,19H,15-16H2,1-2H3,(H,23,25)/t19-/m1/s1. The number of rotatable bonds is 8. The fraction of sp³-hybridized carbons (Fsp3) is 0.227. The summed E-state index contributed by atoms with van der Waals surface area (Å²) in [5.74, 6) is 1.33. The number of nitrogens with zero attached hydrogens (tertiary/aromatic N) is 1. The van der Waals surface area contributed by atoms with E-state index in [4.69, 9.17) is 9.15 Å². The van der Waals surface area contributed by atoms with E-state index in [0.29, 0.717) is 12.3 Å². The lowest BCUT2D eigenvalue weighted by molar-refractivity contribution is -0.123. The molecule has 0 spiro atoms. The molecule has 27 heavy (non-hydrogen) atoms. The number of carbonyl (C=O) groups is 1. The third-order valence-corrected chi connectivity index (χ3v) is 4.32. The van der Waals surface area contributed by atoms with Gasteiger partial charge in [-0.3, -0.25) is 9.69 Å². The lowest BCUT2D eigenvalue weighted by atomic mass is 10.1. The number of nitrogens with one attached hydrogen (secondary N) is 1. The van der Waals surface area contributed by atoms with Gasteiger partial charge >= 0.3 is 0 Å². The first-order valence-corrected chi connectivity index (χ1v) is 8.89. The van der Waals surface area contributed by atoms with Crippen LogP contribution in [0, 0.1) is 0 Å². The number of furan rings is 1. The summed E-state index contributed by atoms with van der Waals surface area (Å²) in [6, 6.07) is 21.4. The van der Waals surface area contributed by atoms with Crippen molar-refractivity contribution in [1.82, 2.24) is 10.2 Å². The number of ether oxygens (including phenoxy) is 1. The van der Waals surface area contributed by atoms with Crippen LogP contribution in [-0.2, 0) is 4.79 Å². The van der Waals surface area contributed by atoms with Crippen LogP contribution in [0.25, 0.3) is 11.1 Å². The van der Waals surface area contributed by atoms with E-state index in [1.807, 2.05) is 85.7 Å². The van der Waals surface area contributed by atoms with Crippen molar-refractivity contribution in [2.75, 3.05) is 27.2 Å². The van der Waals surface area contributed by atoms with Crippen LogP contribution in [0.15, 0.2) is 77.4 Å². The first-order chi connectivity index (χ1) is 13.1. The number of hydrogen-bond donors (Lipinski definition) is 1. The fourth-order valence-electron chi connectivity index (χ4n) is 2.87. The highest BCUT2D eigenvalue weighted by molar-refractivity contribution is 5.78. The molecule has 1 heterocycles. The minimum atomic E-state index is -0.170. The van der Waals surface area contributed by atoms with Gasteiger partial charge in [-0.05, 0) is 37.9 Å². The smallest absolute Gasteiger partial charge is 0.258 e. The van der Waals surface area contributed by atoms with Crippen molar-refractivity contribution in [3.63, 3.8) is 0 Å². The highest BCUT2D eigenvalue weighted by Crippen LogP contribution is 2.29. The molecule has 1 aromatic heterocycles. The zero-order valence-corrected chi connectivity index (χ0v) is 15.6. The zero-order chi connectivity index (χ0) is 19.1. The third kappa shape index (κ3) is 4.99. The maximum Gasteiger partial charge on any atom is 0.258 e. The second-order valence-corrected chi connectivity index (χ2v) is 6.45. The van der Waals surface area contributed by atoms with Crippen LogP contribution in [0.3, 0.4) is 0 Å². The number of likely N-dealkylation sites (N-methyl/N-ethyl adjacent to an activating group) is 1. The quantitative estimate of drug-likeness (QED) is 0.661. The van der Waals surface area contributed by atoms with Gasteiger partial charge in [-0.1, -0.05) is 48.5 Å². The molecule has 0 aliphatic heterocycles. The average molecular weight is 364 g/mol. The summed E-state index contributed by atoms with van der Waals surface area (Å²) in [5, 5.41) is 2.92. The van der Waals surface area contributed by atoms with Crippen molar-refractivity contribution in [1.29, 1.82) is 0 Å². The summed E-state index contributed by atoms with van der Waals surface area (Å²) in [5.41, 5.74) is 2.02. The molecule has 3 rings (SSSR count). The van der Waals surface area contributed by atoms with E-state index in [0.717, 1.165) is 16.9 Å². The van der Waals surface area contributed by atoms with Crippen LogP contribution in [0.2, 0.25) is 0 Å². The molecule has 0 saturated heterocycles. The predicted octanol–water partition coefficient (Wildman–Crippen LogP) is 3.74. The van der Waals surface area contributed by atoms with Gasteiger partial charge in [0.05, 0.1) is 12.3 Å². The van der Waals surface area contributed by atoms with Crippen molar-refractivity contribution in [3.8, 4) is 16.9 Å². The Labute approximate surface area is 159 Å². The van der Waals surface area contributed by atoms with Gasteiger partial charge in [0.1, 0.15) is 11.5 Å². The molecule has 0 radical (unpaired) electrons. The number of para-hydroxylation sites is 1. The van der Waals surface area contributed by atoms with Crippen molar-refractivity contribution < 1.29 is 13.9 Å². The van der Waals surface area contributed by atoms with Gasteiger partial charge in [0, 0.05) is 12.1 Å². The molecule has 140 valence electrons. The zero-order valence-electron chi connectivity index (χ0n) is 15.6. The highest BCUT2D eigenvalue weighted by atomic mass is 16.5. The first kappa shape index (κ1) is 18.7. The van der Waals surface area contributed by atoms with E-state index < -0.39 is 0 Å². The second-order valence-electron chi connectivity index (χ2n) is 6.45. The molecule has 0 unspecified atom stereocenters. The molecule has 1 amide bonds. The Morgan fingerprint density at radius 3 is 2.48 bits per heavy atom. The summed E-state index contributed by atoms with van der Waals surface area (Å²) in [7, 11) is 3.90. The minimum absolute atomic E-state index is 0.0273. The van der Waals surface area contributed by atoms with Crippen LogP contribution in [0.1, 0.15) is 11.8 Å². The Hall–Kier alpha value is -3.05. The van der Waals surface area contributed by atoms with Gasteiger partial charge in [-0.15, -0.1) is 0 Å². The van der Waals surface area contributed by atoms with E-state index in [1.54, 1.807) is 6.26 Å². The Kier molecular flexibility index (Phi) is 6.28. The van der Waals surface area contributed by atoms with Crippen molar-refractivity contribution in [2.45, 2.75) is 6.04 Å². The number of benzene rings is 2. The summed E-state index contributed by atoms with van der Waals surface area (Å²) in [4.78, 5) is 14.3. The molecule has 5 nitrogen and oxygen atoms in total. The molecular weight excluding hydrogens is 340 g/mol. The van der Waals surface area contributed by atoms with Gasteiger partial charge in [-0.2, -0.15) is 0 Å². The number of amides is 1. The molecule has 1 N–H and O–H groups in total. The van der Waals surface area contributed by atoms with Crippen LogP contribution < -0.4 is 10.1 Å². The van der Waals surface area contributed by atoms with Gasteiger partial charge in [0.25, 0.3) is 5.91 Å². The van der Waals surface area contributed by atoms with E-state index >= 15 is 0 Å². The molecule has 0 aliphatic carbocycles. The predicted molar refractivity (Wildman–Crippen MR) is 106 cm³/mol. The molecule has 5 heteroatoms. The van der Waals surface area contributed by atoms with Gasteiger partial charge in [-0.25, -0.2) is 0 Å². The van der Waals surface area contributed by atoms with Crippen molar-refractivity contribution in [3.05, 3.63) is 78.8 Å². The van der Waals surface area contributed by atoms with E-state index in [-0.39, 0.29) is 18.6 Å². The third-order valence-electron chi connectivity index (χ3n) is 4.32. The Bertz CT molecular complexity index is 845. The van der Waals surface area contributed by atoms with Gasteiger partial charge < -0.3 is 14.5 Å². The van der Waals surface area contributed by atoms with Crippen LogP contribution in [0.4, 0.5) is 0 Å². The van der Waals surface area contributed by atoms with Crippen molar-refractivity contribution >= 4 is 5.91 Å². The molecule has 2 aromatic carbocycles. The minimum Gasteiger partial charge on any atom is -0.483 e. The number of carbonyl (C=O) groups excluding carboxylic acids is 1. The summed E-state index contributed by atoms with van der Waals surface area (Å²) in [6.45, 7) is 0.408. The molecule has 1 atom stereocenters. The first-order valence-electron chi connectivity index (χ1n) is 8.89. The normalized spacial score (nSPS) is 12.0. The lowest BCUT2D eigenvalue weighted by Crippen LogP contribution is -2.36. The Morgan fingerprint density at radius 2 is 1.78 bits per heavy atom. The summed E-state index contributed by atoms with van der Waals surface area (Å²) in [6.07, 6.45) is 1.64. The molecule has 0 fully saturated rings. The maximum atomic E-state index is 12.3. The lowest BCUT2D eigenvalue weighted by Gasteiger charge is -2.22.